The Bertz CT molecular complexity index is 2060. The van der Waals surface area contributed by atoms with Crippen molar-refractivity contribution in [3.05, 3.63) is 47.7 Å². The van der Waals surface area contributed by atoms with Crippen LogP contribution in [0.15, 0.2) is 30.5 Å². The summed E-state index contributed by atoms with van der Waals surface area (Å²) in [4.78, 5) is 18.8. The summed E-state index contributed by atoms with van der Waals surface area (Å²) < 4.78 is 44.7. The van der Waals surface area contributed by atoms with E-state index in [1.54, 1.807) is 6.92 Å². The maximum absolute atomic E-state index is 17.0. The summed E-state index contributed by atoms with van der Waals surface area (Å²) in [6.07, 6.45) is 16.5. The first-order chi connectivity index (χ1) is 24.9. The van der Waals surface area contributed by atoms with Gasteiger partial charge in [0.15, 0.2) is 5.82 Å². The molecule has 9 nitrogen and oxygen atoms in total. The molecule has 2 aromatic heterocycles. The van der Waals surface area contributed by atoms with Gasteiger partial charge in [0.25, 0.3) is 0 Å². The van der Waals surface area contributed by atoms with Crippen LogP contribution in [0, 0.1) is 29.4 Å². The van der Waals surface area contributed by atoms with Crippen LogP contribution in [-0.4, -0.2) is 86.2 Å². The first kappa shape index (κ1) is 34.9. The van der Waals surface area contributed by atoms with Gasteiger partial charge < -0.3 is 24.6 Å². The van der Waals surface area contributed by atoms with Gasteiger partial charge in [-0.3, -0.25) is 9.88 Å². The molecule has 0 spiro atoms. The number of anilines is 1. The van der Waals surface area contributed by atoms with Crippen molar-refractivity contribution in [2.24, 2.45) is 5.41 Å². The van der Waals surface area contributed by atoms with Crippen LogP contribution in [0.2, 0.25) is 0 Å². The van der Waals surface area contributed by atoms with Crippen LogP contribution in [0.5, 0.6) is 11.8 Å². The van der Waals surface area contributed by atoms with E-state index in [1.165, 1.54) is 30.5 Å². The summed E-state index contributed by atoms with van der Waals surface area (Å²) in [5.41, 5.74) is -1.07. The lowest BCUT2D eigenvalue weighted by Crippen LogP contribution is -2.57. The molecule has 0 radical (unpaired) electrons. The molecule has 4 aromatic rings. The van der Waals surface area contributed by atoms with Crippen molar-refractivity contribution in [3.8, 4) is 35.4 Å². The molecular formula is C41H47F2N5O4. The number of terminal acetylenes is 1. The van der Waals surface area contributed by atoms with E-state index in [1.807, 2.05) is 4.90 Å². The summed E-state index contributed by atoms with van der Waals surface area (Å²) in [7, 11) is 0. The Labute approximate surface area is 303 Å². The molecule has 2 aromatic carbocycles. The van der Waals surface area contributed by atoms with Crippen LogP contribution in [0.4, 0.5) is 14.6 Å². The van der Waals surface area contributed by atoms with Gasteiger partial charge in [0.05, 0.1) is 35.4 Å². The highest BCUT2D eigenvalue weighted by atomic mass is 19.1. The molecule has 52 heavy (non-hydrogen) atoms. The number of likely N-dealkylation sites (tertiary alicyclic amines) is 1. The lowest BCUT2D eigenvalue weighted by molar-refractivity contribution is -0.0967. The SMILES string of the molecule is C#Cc1c(F)ccc2cc(O)cc(-c3ncc4c(N5CCCC(C)(O)C5)nc(OCC56CCCC5N(C5CC(C)OC(C)C5)CCC6)nc4c3F)c12. The molecule has 1 aliphatic carbocycles. The quantitative estimate of drug-likeness (QED) is 0.202. The molecule has 3 aliphatic heterocycles. The monoisotopic (exact) mass is 711 g/mol. The number of rotatable bonds is 6. The molecule has 0 bridgehead atoms. The minimum Gasteiger partial charge on any atom is -0.508 e. The molecule has 5 unspecified atom stereocenters. The van der Waals surface area contributed by atoms with Crippen molar-refractivity contribution in [1.82, 2.24) is 19.9 Å². The molecular weight excluding hydrogens is 664 g/mol. The van der Waals surface area contributed by atoms with Crippen molar-refractivity contribution in [2.45, 2.75) is 108 Å². The van der Waals surface area contributed by atoms with Gasteiger partial charge in [0, 0.05) is 47.7 Å². The summed E-state index contributed by atoms with van der Waals surface area (Å²) >= 11 is 0. The standard InChI is InChI=1S/C41H47F2N5O4/c1-5-29-32(42)11-10-26-19-28(49)20-30(34(26)29)36-35(43)37-31(21-44-36)38(47-15-7-12-40(4,50)22-47)46-39(45-37)51-23-41-13-6-9-33(41)48(16-8-14-41)27-17-24(2)52-25(3)18-27/h1,10-11,19-21,24-25,27,33,49-50H,6-9,12-18,22-23H2,2-4H3. The predicted molar refractivity (Wildman–Crippen MR) is 196 cm³/mol. The molecule has 1 saturated carbocycles. The highest BCUT2D eigenvalue weighted by molar-refractivity contribution is 6.03. The van der Waals surface area contributed by atoms with E-state index < -0.39 is 17.2 Å². The number of aromatic nitrogens is 3. The highest BCUT2D eigenvalue weighted by Crippen LogP contribution is 2.50. The topological polar surface area (TPSA) is 104 Å². The van der Waals surface area contributed by atoms with Gasteiger partial charge in [0.2, 0.25) is 0 Å². The van der Waals surface area contributed by atoms with E-state index in [0.29, 0.717) is 54.8 Å². The second-order valence-electron chi connectivity index (χ2n) is 16.0. The number of phenols is 1. The average molecular weight is 712 g/mol. The van der Waals surface area contributed by atoms with Crippen molar-refractivity contribution < 1.29 is 28.5 Å². The largest absolute Gasteiger partial charge is 0.508 e. The molecule has 0 amide bonds. The normalized spacial score (nSPS) is 29.7. The van der Waals surface area contributed by atoms with E-state index in [0.717, 1.165) is 57.9 Å². The third-order valence-electron chi connectivity index (χ3n) is 12.0. The van der Waals surface area contributed by atoms with E-state index in [-0.39, 0.29) is 57.1 Å². The van der Waals surface area contributed by atoms with Gasteiger partial charge in [-0.15, -0.1) is 6.42 Å². The summed E-state index contributed by atoms with van der Waals surface area (Å²) in [5.74, 6) is 1.29. The number of pyridine rings is 1. The fraction of sp³-hybridized carbons (Fsp3) is 0.537. The second kappa shape index (κ2) is 13.4. The summed E-state index contributed by atoms with van der Waals surface area (Å²) in [5, 5.41) is 22.8. The third kappa shape index (κ3) is 6.22. The van der Waals surface area contributed by atoms with Gasteiger partial charge in [-0.05, 0) is 102 Å². The molecule has 274 valence electrons. The van der Waals surface area contributed by atoms with Gasteiger partial charge in [0.1, 0.15) is 28.6 Å². The summed E-state index contributed by atoms with van der Waals surface area (Å²) in [6, 6.07) is 6.42. The number of hydrogen-bond acceptors (Lipinski definition) is 9. The number of fused-ring (bicyclic) bond motifs is 3. The number of benzene rings is 2. The lowest BCUT2D eigenvalue weighted by atomic mass is 9.74. The number of nitrogens with zero attached hydrogens (tertiary/aromatic N) is 5. The Kier molecular flexibility index (Phi) is 9.00. The fourth-order valence-corrected chi connectivity index (χ4v) is 9.89. The van der Waals surface area contributed by atoms with Crippen molar-refractivity contribution >= 4 is 27.5 Å². The Balaban J connectivity index is 1.20. The smallest absolute Gasteiger partial charge is 0.319 e. The molecule has 4 fully saturated rings. The van der Waals surface area contributed by atoms with Crippen LogP contribution < -0.4 is 9.64 Å². The molecule has 4 aliphatic rings. The molecule has 3 saturated heterocycles. The van der Waals surface area contributed by atoms with Gasteiger partial charge in [-0.25, -0.2) is 8.78 Å². The molecule has 11 heteroatoms. The van der Waals surface area contributed by atoms with Crippen LogP contribution in [-0.2, 0) is 4.74 Å². The van der Waals surface area contributed by atoms with Crippen molar-refractivity contribution in [3.63, 3.8) is 0 Å². The van der Waals surface area contributed by atoms with E-state index in [9.17, 15) is 14.6 Å². The van der Waals surface area contributed by atoms with Gasteiger partial charge >= 0.3 is 6.01 Å². The zero-order valence-corrected chi connectivity index (χ0v) is 30.2. The third-order valence-corrected chi connectivity index (χ3v) is 12.0. The molecule has 5 heterocycles. The number of β-amino-alcohol motifs (C(OH)–C–C–N with tert-alkyl or cyclic N) is 1. The first-order valence-electron chi connectivity index (χ1n) is 18.7. The fourth-order valence-electron chi connectivity index (χ4n) is 9.89. The van der Waals surface area contributed by atoms with E-state index >= 15 is 4.39 Å². The lowest BCUT2D eigenvalue weighted by Gasteiger charge is -2.51. The Hall–Kier alpha value is -4.11. The van der Waals surface area contributed by atoms with Crippen LogP contribution >= 0.6 is 0 Å². The second-order valence-corrected chi connectivity index (χ2v) is 16.0. The Morgan fingerprint density at radius 3 is 2.60 bits per heavy atom. The van der Waals surface area contributed by atoms with Crippen LogP contribution in [0.25, 0.3) is 32.9 Å². The van der Waals surface area contributed by atoms with Gasteiger partial charge in [-0.1, -0.05) is 18.4 Å². The maximum Gasteiger partial charge on any atom is 0.319 e. The number of aromatic hydroxyl groups is 1. The van der Waals surface area contributed by atoms with Crippen LogP contribution in [0.3, 0.4) is 0 Å². The average Bonchev–Trinajstić information content (AvgIpc) is 3.54. The minimum absolute atomic E-state index is 0.0127. The van der Waals surface area contributed by atoms with Crippen molar-refractivity contribution in [2.75, 3.05) is 31.1 Å². The Morgan fingerprint density at radius 1 is 1.06 bits per heavy atom. The minimum atomic E-state index is -0.959. The number of hydrogen-bond donors (Lipinski definition) is 2. The first-order valence-corrected chi connectivity index (χ1v) is 18.7. The Morgan fingerprint density at radius 2 is 1.83 bits per heavy atom. The van der Waals surface area contributed by atoms with Gasteiger partial charge in [-0.2, -0.15) is 9.97 Å². The highest BCUT2D eigenvalue weighted by Gasteiger charge is 2.50. The number of ether oxygens (including phenoxy) is 2. The molecule has 2 N–H and O–H groups in total. The van der Waals surface area contributed by atoms with Crippen molar-refractivity contribution in [1.29, 1.82) is 0 Å². The zero-order chi connectivity index (χ0) is 36.4. The van der Waals surface area contributed by atoms with E-state index in [4.69, 9.17) is 25.9 Å². The zero-order valence-electron chi connectivity index (χ0n) is 30.2. The summed E-state index contributed by atoms with van der Waals surface area (Å²) in [6.45, 7) is 8.51. The molecule has 8 rings (SSSR count). The predicted octanol–water partition coefficient (Wildman–Crippen LogP) is 7.13. The number of halogens is 2. The molecule has 5 atom stereocenters. The van der Waals surface area contributed by atoms with E-state index in [2.05, 4.69) is 29.7 Å². The van der Waals surface area contributed by atoms with Crippen LogP contribution in [0.1, 0.15) is 84.1 Å². The number of phenolic OH excluding ortho intramolecular Hbond substituents is 1. The number of piperidine rings is 2. The maximum atomic E-state index is 17.0. The number of aliphatic hydroxyl groups is 1.